The molecule has 0 fully saturated rings. The van der Waals surface area contributed by atoms with Crippen molar-refractivity contribution in [1.29, 1.82) is 0 Å². The maximum Gasteiger partial charge on any atom is 0.306 e. The van der Waals surface area contributed by atoms with E-state index in [2.05, 4.69) is 17.8 Å². The Bertz CT molecular complexity index is 472. The highest BCUT2D eigenvalue weighted by atomic mass is 16.5. The summed E-state index contributed by atoms with van der Waals surface area (Å²) in [4.78, 5) is 11.3. The van der Waals surface area contributed by atoms with Crippen LogP contribution < -0.4 is 0 Å². The standard InChI is InChI=1S/C18H24O4/c1-4-10-16(19)11-7-5-6-8-12-17(20)13-9-14-18(21)22-15(2)3/h1,5-7,11,15-17,19-20H,9-10,13-14H2,2-3H3/b6-5+,11-7+/t16-,17-/m1/s1. The van der Waals surface area contributed by atoms with Gasteiger partial charge in [-0.1, -0.05) is 30.1 Å². The molecule has 0 bridgehead atoms. The number of carbonyl (C=O) groups is 1. The van der Waals surface area contributed by atoms with Gasteiger partial charge in [-0.3, -0.25) is 4.79 Å². The Morgan fingerprint density at radius 3 is 2.68 bits per heavy atom. The van der Waals surface area contributed by atoms with Crippen LogP contribution in [0, 0.1) is 24.2 Å². The minimum atomic E-state index is -0.771. The Balaban J connectivity index is 3.92. The van der Waals surface area contributed by atoms with E-state index >= 15 is 0 Å². The summed E-state index contributed by atoms with van der Waals surface area (Å²) in [5, 5.41) is 18.9. The number of carbonyl (C=O) groups excluding carboxylic acids is 1. The van der Waals surface area contributed by atoms with E-state index < -0.39 is 12.2 Å². The highest BCUT2D eigenvalue weighted by molar-refractivity contribution is 5.69. The number of terminal acetylenes is 1. The number of hydrogen-bond donors (Lipinski definition) is 2. The van der Waals surface area contributed by atoms with Crippen molar-refractivity contribution in [2.45, 2.75) is 57.8 Å². The molecule has 2 atom stereocenters. The van der Waals surface area contributed by atoms with Crippen LogP contribution in [-0.2, 0) is 9.53 Å². The van der Waals surface area contributed by atoms with E-state index in [1.165, 1.54) is 0 Å². The lowest BCUT2D eigenvalue weighted by Crippen LogP contribution is -2.12. The van der Waals surface area contributed by atoms with E-state index in [1.54, 1.807) is 38.2 Å². The zero-order valence-corrected chi connectivity index (χ0v) is 13.2. The predicted molar refractivity (Wildman–Crippen MR) is 86.6 cm³/mol. The number of ether oxygens (including phenoxy) is 1. The second-order valence-electron chi connectivity index (χ2n) is 4.95. The number of rotatable bonds is 8. The summed E-state index contributed by atoms with van der Waals surface area (Å²) in [7, 11) is 0. The Morgan fingerprint density at radius 1 is 1.32 bits per heavy atom. The Morgan fingerprint density at radius 2 is 2.05 bits per heavy atom. The van der Waals surface area contributed by atoms with Crippen molar-refractivity contribution < 1.29 is 19.7 Å². The van der Waals surface area contributed by atoms with Gasteiger partial charge in [0.1, 0.15) is 6.10 Å². The van der Waals surface area contributed by atoms with Crippen molar-refractivity contribution in [3.8, 4) is 24.2 Å². The summed E-state index contributed by atoms with van der Waals surface area (Å²) in [6, 6.07) is 0. The van der Waals surface area contributed by atoms with Gasteiger partial charge >= 0.3 is 5.97 Å². The summed E-state index contributed by atoms with van der Waals surface area (Å²) in [5.74, 6) is 7.43. The van der Waals surface area contributed by atoms with Crippen LogP contribution in [0.1, 0.15) is 39.5 Å². The molecule has 4 nitrogen and oxygen atoms in total. The molecule has 22 heavy (non-hydrogen) atoms. The van der Waals surface area contributed by atoms with Crippen molar-refractivity contribution in [2.75, 3.05) is 0 Å². The Labute approximate surface area is 132 Å². The van der Waals surface area contributed by atoms with Gasteiger partial charge in [0, 0.05) is 12.8 Å². The van der Waals surface area contributed by atoms with Gasteiger partial charge in [-0.25, -0.2) is 0 Å². The van der Waals surface area contributed by atoms with E-state index in [0.717, 1.165) is 0 Å². The zero-order chi connectivity index (χ0) is 16.8. The van der Waals surface area contributed by atoms with Gasteiger partial charge in [0.05, 0.1) is 12.2 Å². The third-order valence-corrected chi connectivity index (χ3v) is 2.43. The third kappa shape index (κ3) is 13.0. The van der Waals surface area contributed by atoms with Crippen LogP contribution in [0.2, 0.25) is 0 Å². The Hall–Kier alpha value is -2.01. The highest BCUT2D eigenvalue weighted by Crippen LogP contribution is 2.03. The van der Waals surface area contributed by atoms with E-state index in [4.69, 9.17) is 11.2 Å². The van der Waals surface area contributed by atoms with Gasteiger partial charge in [0.15, 0.2) is 0 Å². The summed E-state index contributed by atoms with van der Waals surface area (Å²) < 4.78 is 4.99. The molecule has 0 aromatic heterocycles. The van der Waals surface area contributed by atoms with E-state index in [1.807, 2.05) is 0 Å². The molecule has 0 amide bonds. The maximum atomic E-state index is 11.3. The van der Waals surface area contributed by atoms with Gasteiger partial charge in [0.25, 0.3) is 0 Å². The normalized spacial score (nSPS) is 13.6. The molecule has 0 spiro atoms. The first-order valence-corrected chi connectivity index (χ1v) is 7.29. The van der Waals surface area contributed by atoms with Crippen molar-refractivity contribution >= 4 is 5.97 Å². The van der Waals surface area contributed by atoms with E-state index in [-0.39, 0.29) is 24.9 Å². The molecule has 0 aromatic rings. The fraction of sp³-hybridized carbons (Fsp3) is 0.500. The fourth-order valence-electron chi connectivity index (χ4n) is 1.46. The Kier molecular flexibility index (Phi) is 11.5. The average Bonchev–Trinajstić information content (AvgIpc) is 2.42. The number of allylic oxidation sites excluding steroid dienone is 3. The first-order chi connectivity index (χ1) is 10.5. The van der Waals surface area contributed by atoms with Crippen LogP contribution >= 0.6 is 0 Å². The van der Waals surface area contributed by atoms with Crippen molar-refractivity contribution in [3.63, 3.8) is 0 Å². The molecular formula is C18H24O4. The predicted octanol–water partition coefficient (Wildman–Crippen LogP) is 1.97. The quantitative estimate of drug-likeness (QED) is 0.409. The first-order valence-electron chi connectivity index (χ1n) is 7.29. The monoisotopic (exact) mass is 304 g/mol. The van der Waals surface area contributed by atoms with Gasteiger partial charge in [-0.05, 0) is 32.8 Å². The molecular weight excluding hydrogens is 280 g/mol. The topological polar surface area (TPSA) is 66.8 Å². The molecule has 0 saturated heterocycles. The number of aliphatic hydroxyl groups is 2. The minimum Gasteiger partial charge on any atom is -0.463 e. The highest BCUT2D eigenvalue weighted by Gasteiger charge is 2.06. The van der Waals surface area contributed by atoms with E-state index in [9.17, 15) is 15.0 Å². The number of aliphatic hydroxyl groups excluding tert-OH is 2. The molecule has 120 valence electrons. The molecule has 0 heterocycles. The van der Waals surface area contributed by atoms with Crippen molar-refractivity contribution in [3.05, 3.63) is 24.3 Å². The summed E-state index contributed by atoms with van der Waals surface area (Å²) >= 11 is 0. The molecule has 0 aromatic carbocycles. The summed E-state index contributed by atoms with van der Waals surface area (Å²) in [5.41, 5.74) is 0. The van der Waals surface area contributed by atoms with Crippen molar-refractivity contribution in [2.24, 2.45) is 0 Å². The molecule has 0 saturated carbocycles. The molecule has 0 aliphatic rings. The molecule has 0 radical (unpaired) electrons. The average molecular weight is 304 g/mol. The van der Waals surface area contributed by atoms with Crippen LogP contribution in [-0.4, -0.2) is 34.5 Å². The smallest absolute Gasteiger partial charge is 0.306 e. The van der Waals surface area contributed by atoms with Gasteiger partial charge in [0.2, 0.25) is 0 Å². The van der Waals surface area contributed by atoms with Crippen LogP contribution in [0.15, 0.2) is 24.3 Å². The largest absolute Gasteiger partial charge is 0.463 e. The van der Waals surface area contributed by atoms with Crippen LogP contribution in [0.4, 0.5) is 0 Å². The lowest BCUT2D eigenvalue weighted by Gasteiger charge is -2.07. The van der Waals surface area contributed by atoms with Gasteiger partial charge < -0.3 is 14.9 Å². The zero-order valence-electron chi connectivity index (χ0n) is 13.2. The minimum absolute atomic E-state index is 0.116. The fourth-order valence-corrected chi connectivity index (χ4v) is 1.46. The van der Waals surface area contributed by atoms with Gasteiger partial charge in [-0.15, -0.1) is 12.3 Å². The summed E-state index contributed by atoms with van der Waals surface area (Å²) in [6.07, 6.45) is 11.4. The van der Waals surface area contributed by atoms with Gasteiger partial charge in [-0.2, -0.15) is 0 Å². The van der Waals surface area contributed by atoms with Crippen LogP contribution in [0.25, 0.3) is 0 Å². The number of esters is 1. The SMILES string of the molecule is C#CC[C@@H](O)/C=C/C=C/C#C[C@@H](O)CCCC(=O)OC(C)C. The molecule has 2 N–H and O–H groups in total. The lowest BCUT2D eigenvalue weighted by molar-refractivity contribution is -0.147. The molecule has 0 aliphatic carbocycles. The maximum absolute atomic E-state index is 11.3. The first kappa shape index (κ1) is 20.0. The van der Waals surface area contributed by atoms with E-state index in [0.29, 0.717) is 12.8 Å². The lowest BCUT2D eigenvalue weighted by atomic mass is 10.1. The van der Waals surface area contributed by atoms with Crippen LogP contribution in [0.5, 0.6) is 0 Å². The van der Waals surface area contributed by atoms with Crippen LogP contribution in [0.3, 0.4) is 0 Å². The number of hydrogen-bond acceptors (Lipinski definition) is 4. The molecule has 0 rings (SSSR count). The second kappa shape index (κ2) is 12.7. The molecule has 4 heteroatoms. The van der Waals surface area contributed by atoms with Crippen molar-refractivity contribution in [1.82, 2.24) is 0 Å². The molecule has 0 aliphatic heterocycles. The molecule has 0 unspecified atom stereocenters. The second-order valence-corrected chi connectivity index (χ2v) is 4.95. The third-order valence-electron chi connectivity index (χ3n) is 2.43. The summed E-state index contributed by atoms with van der Waals surface area (Å²) in [6.45, 7) is 3.59.